The van der Waals surface area contributed by atoms with Gasteiger partial charge in [0.1, 0.15) is 0 Å². The molecule has 132 valence electrons. The second-order valence-electron chi connectivity index (χ2n) is 5.84. The molecule has 4 aromatic carbocycles. The van der Waals surface area contributed by atoms with Gasteiger partial charge in [0.25, 0.3) is 0 Å². The average Bonchev–Trinajstić information content (AvgIpc) is 2.63. The van der Waals surface area contributed by atoms with Gasteiger partial charge in [0.2, 0.25) is 0 Å². The van der Waals surface area contributed by atoms with E-state index in [2.05, 4.69) is 98.8 Å². The summed E-state index contributed by atoms with van der Waals surface area (Å²) in [5, 5.41) is 5.37. The molecule has 0 amide bonds. The Hall–Kier alpha value is -2.58. The fourth-order valence-corrected chi connectivity index (χ4v) is 2.77. The van der Waals surface area contributed by atoms with Crippen molar-refractivity contribution < 1.29 is 14.4 Å². The maximum absolute atomic E-state index is 8.70. The summed E-state index contributed by atoms with van der Waals surface area (Å²) < 4.78 is 8.70. The third-order valence-electron chi connectivity index (χ3n) is 4.02. The Kier molecular flexibility index (Phi) is 7.43. The molecule has 0 aliphatic rings. The molecule has 4 rings (SSSR count). The van der Waals surface area contributed by atoms with Crippen molar-refractivity contribution >= 4 is 29.8 Å². The van der Waals surface area contributed by atoms with Crippen molar-refractivity contribution in [2.45, 2.75) is 13.8 Å². The highest BCUT2D eigenvalue weighted by molar-refractivity contribution is 7.30. The first-order chi connectivity index (χ1) is 12.5. The maximum Gasteiger partial charge on any atom is 0.692 e. The number of fused-ring (bicyclic) bond motifs is 2. The molecule has 3 nitrogen and oxygen atoms in total. The minimum absolute atomic E-state index is 1.33. The molecule has 26 heavy (non-hydrogen) atoms. The first-order valence-corrected chi connectivity index (χ1v) is 9.39. The van der Waals surface area contributed by atoms with E-state index in [1.165, 1.54) is 32.7 Å². The molecular formula is C22H22O3P+. The lowest BCUT2D eigenvalue weighted by Gasteiger charge is -1.98. The van der Waals surface area contributed by atoms with Gasteiger partial charge in [-0.2, -0.15) is 0 Å². The van der Waals surface area contributed by atoms with E-state index < -0.39 is 8.25 Å². The summed E-state index contributed by atoms with van der Waals surface area (Å²) >= 11 is 0. The summed E-state index contributed by atoms with van der Waals surface area (Å²) in [7, 11) is -2.87. The van der Waals surface area contributed by atoms with E-state index in [0.717, 1.165) is 0 Å². The molecule has 0 saturated carbocycles. The summed E-state index contributed by atoms with van der Waals surface area (Å²) in [6, 6.07) is 29.7. The Bertz CT molecular complexity index is 920. The van der Waals surface area contributed by atoms with Crippen molar-refractivity contribution in [2.24, 2.45) is 0 Å². The standard InChI is InChI=1S/2C11H10.HO3P/c2*1-9-5-4-7-10-6-2-3-8-11(9)10;1-4(2)3/h2*2-8H,1H3;(H-,1,2,3)/p+1. The lowest BCUT2D eigenvalue weighted by Crippen LogP contribution is -1.75. The summed E-state index contributed by atoms with van der Waals surface area (Å²) in [4.78, 5) is 14.2. The van der Waals surface area contributed by atoms with E-state index in [0.29, 0.717) is 0 Å². The molecule has 0 atom stereocenters. The molecule has 0 saturated heterocycles. The van der Waals surface area contributed by atoms with Crippen molar-refractivity contribution in [1.82, 2.24) is 0 Å². The Labute approximate surface area is 154 Å². The van der Waals surface area contributed by atoms with Gasteiger partial charge in [-0.25, -0.2) is 0 Å². The second kappa shape index (κ2) is 9.79. The zero-order valence-electron chi connectivity index (χ0n) is 14.8. The van der Waals surface area contributed by atoms with Crippen molar-refractivity contribution in [3.63, 3.8) is 0 Å². The molecule has 0 aromatic heterocycles. The number of rotatable bonds is 0. The van der Waals surface area contributed by atoms with Crippen molar-refractivity contribution in [2.75, 3.05) is 0 Å². The third-order valence-corrected chi connectivity index (χ3v) is 4.02. The molecule has 4 aromatic rings. The van der Waals surface area contributed by atoms with Crippen LogP contribution in [0.3, 0.4) is 0 Å². The van der Waals surface area contributed by atoms with Gasteiger partial charge >= 0.3 is 8.25 Å². The van der Waals surface area contributed by atoms with E-state index in [9.17, 15) is 0 Å². The first-order valence-electron chi connectivity index (χ1n) is 8.23. The van der Waals surface area contributed by atoms with Gasteiger partial charge in [0, 0.05) is 4.57 Å². The molecule has 0 aliphatic heterocycles. The predicted octanol–water partition coefficient (Wildman–Crippen LogP) is 5.92. The second-order valence-corrected chi connectivity index (χ2v) is 6.35. The summed E-state index contributed by atoms with van der Waals surface area (Å²) in [6.45, 7) is 4.28. The molecule has 0 heterocycles. The van der Waals surface area contributed by atoms with Gasteiger partial charge in [0.05, 0.1) is 0 Å². The van der Waals surface area contributed by atoms with Gasteiger partial charge in [-0.1, -0.05) is 84.9 Å². The molecule has 0 spiro atoms. The van der Waals surface area contributed by atoms with Crippen LogP contribution < -0.4 is 0 Å². The molecular weight excluding hydrogens is 343 g/mol. The highest BCUT2D eigenvalue weighted by Crippen LogP contribution is 2.17. The van der Waals surface area contributed by atoms with Gasteiger partial charge < -0.3 is 0 Å². The van der Waals surface area contributed by atoms with Crippen LogP contribution in [0.25, 0.3) is 21.5 Å². The Balaban J connectivity index is 0.000000156. The normalized spacial score (nSPS) is 9.69. The fraction of sp³-hybridized carbons (Fsp3) is 0.0909. The highest BCUT2D eigenvalue weighted by Gasteiger charge is 1.93. The SMILES string of the molecule is Cc1cccc2ccccc12.Cc1cccc2ccccc12.O=[P+](O)O. The molecule has 0 fully saturated rings. The zero-order valence-corrected chi connectivity index (χ0v) is 15.7. The first kappa shape index (κ1) is 19.7. The largest absolute Gasteiger partial charge is 0.692 e. The maximum atomic E-state index is 8.70. The zero-order chi connectivity index (χ0) is 18.9. The van der Waals surface area contributed by atoms with Crippen LogP contribution in [0.2, 0.25) is 0 Å². The van der Waals surface area contributed by atoms with Gasteiger partial charge in [0.15, 0.2) is 0 Å². The minimum atomic E-state index is -2.87. The van der Waals surface area contributed by atoms with Gasteiger partial charge in [-0.15, -0.1) is 9.79 Å². The average molecular weight is 365 g/mol. The van der Waals surface area contributed by atoms with Crippen molar-refractivity contribution in [3.05, 3.63) is 96.1 Å². The van der Waals surface area contributed by atoms with E-state index >= 15 is 0 Å². The monoisotopic (exact) mass is 365 g/mol. The quantitative estimate of drug-likeness (QED) is 0.380. The third kappa shape index (κ3) is 5.75. The van der Waals surface area contributed by atoms with E-state index in [-0.39, 0.29) is 0 Å². The molecule has 0 bridgehead atoms. The molecule has 4 heteroatoms. The Morgan fingerprint density at radius 2 is 0.885 bits per heavy atom. The van der Waals surface area contributed by atoms with Crippen LogP contribution in [0.1, 0.15) is 11.1 Å². The fourth-order valence-electron chi connectivity index (χ4n) is 2.77. The topological polar surface area (TPSA) is 57.5 Å². The summed E-state index contributed by atoms with van der Waals surface area (Å²) in [5.74, 6) is 0. The van der Waals surface area contributed by atoms with Crippen LogP contribution in [0.15, 0.2) is 84.9 Å². The smallest absolute Gasteiger partial charge is 0.134 e. The number of hydrogen-bond acceptors (Lipinski definition) is 1. The van der Waals surface area contributed by atoms with Gasteiger partial charge in [-0.3, -0.25) is 0 Å². The van der Waals surface area contributed by atoms with Gasteiger partial charge in [-0.05, 0) is 46.5 Å². The van der Waals surface area contributed by atoms with Crippen molar-refractivity contribution in [1.29, 1.82) is 0 Å². The minimum Gasteiger partial charge on any atom is -0.134 e. The number of hydrogen-bond donors (Lipinski definition) is 2. The van der Waals surface area contributed by atoms with Crippen LogP contribution in [-0.4, -0.2) is 9.79 Å². The van der Waals surface area contributed by atoms with Crippen molar-refractivity contribution in [3.8, 4) is 0 Å². The van der Waals surface area contributed by atoms with Crippen LogP contribution in [0.4, 0.5) is 0 Å². The lowest BCUT2D eigenvalue weighted by molar-refractivity contribution is 0.405. The number of aryl methyl sites for hydroxylation is 2. The molecule has 0 radical (unpaired) electrons. The summed E-state index contributed by atoms with van der Waals surface area (Å²) in [5.41, 5.74) is 2.70. The van der Waals surface area contributed by atoms with Crippen LogP contribution in [0, 0.1) is 13.8 Å². The molecule has 2 N–H and O–H groups in total. The van der Waals surface area contributed by atoms with E-state index in [1.54, 1.807) is 0 Å². The Morgan fingerprint density at radius 1 is 0.577 bits per heavy atom. The Morgan fingerprint density at radius 3 is 1.23 bits per heavy atom. The highest BCUT2D eigenvalue weighted by atomic mass is 31.1. The predicted molar refractivity (Wildman–Crippen MR) is 109 cm³/mol. The van der Waals surface area contributed by atoms with E-state index in [4.69, 9.17) is 14.4 Å². The van der Waals surface area contributed by atoms with Crippen LogP contribution in [0.5, 0.6) is 0 Å². The van der Waals surface area contributed by atoms with E-state index in [1.807, 2.05) is 0 Å². The summed E-state index contributed by atoms with van der Waals surface area (Å²) in [6.07, 6.45) is 0. The lowest BCUT2D eigenvalue weighted by atomic mass is 10.1. The number of benzene rings is 4. The van der Waals surface area contributed by atoms with Crippen LogP contribution in [-0.2, 0) is 4.57 Å². The molecule has 0 unspecified atom stereocenters. The molecule has 0 aliphatic carbocycles. The van der Waals surface area contributed by atoms with Crippen LogP contribution >= 0.6 is 8.25 Å².